The topological polar surface area (TPSA) is 41.1 Å². The third-order valence-electron chi connectivity index (χ3n) is 4.13. The summed E-state index contributed by atoms with van der Waals surface area (Å²) < 4.78 is 38.7. The fourth-order valence-electron chi connectivity index (χ4n) is 2.85. The Morgan fingerprint density at radius 1 is 0.821 bits per heavy atom. The third kappa shape index (κ3) is 5.36. The largest absolute Gasteiger partial charge is 0.416 e. The molecule has 0 spiro atoms. The van der Waals surface area contributed by atoms with E-state index in [1.807, 2.05) is 42.5 Å². The van der Waals surface area contributed by atoms with Crippen LogP contribution in [0.3, 0.4) is 0 Å². The molecule has 0 radical (unpaired) electrons. The SMILES string of the molecule is Cc1cc(NC(=O)Nc2ccc(Cc3ccccc3)cc2)cc(C(F)(F)F)c1. The van der Waals surface area contributed by atoms with Gasteiger partial charge in [0.15, 0.2) is 0 Å². The Labute approximate surface area is 161 Å². The van der Waals surface area contributed by atoms with Gasteiger partial charge in [-0.15, -0.1) is 0 Å². The van der Waals surface area contributed by atoms with E-state index < -0.39 is 17.8 Å². The van der Waals surface area contributed by atoms with E-state index in [4.69, 9.17) is 0 Å². The maximum atomic E-state index is 12.9. The number of anilines is 2. The van der Waals surface area contributed by atoms with E-state index in [-0.39, 0.29) is 5.69 Å². The molecule has 0 saturated heterocycles. The Morgan fingerprint density at radius 2 is 1.43 bits per heavy atom. The van der Waals surface area contributed by atoms with Crippen LogP contribution in [0.5, 0.6) is 0 Å². The summed E-state index contributed by atoms with van der Waals surface area (Å²) in [5.41, 5.74) is 2.53. The maximum Gasteiger partial charge on any atom is 0.416 e. The van der Waals surface area contributed by atoms with Gasteiger partial charge in [-0.05, 0) is 60.4 Å². The number of amides is 2. The van der Waals surface area contributed by atoms with Crippen molar-refractivity contribution in [3.05, 3.63) is 95.1 Å². The number of halogens is 3. The van der Waals surface area contributed by atoms with Crippen molar-refractivity contribution in [1.82, 2.24) is 0 Å². The van der Waals surface area contributed by atoms with Crippen LogP contribution in [-0.4, -0.2) is 6.03 Å². The van der Waals surface area contributed by atoms with Crippen molar-refractivity contribution in [1.29, 1.82) is 0 Å². The molecule has 0 unspecified atom stereocenters. The molecule has 2 N–H and O–H groups in total. The molecule has 0 saturated carbocycles. The highest BCUT2D eigenvalue weighted by molar-refractivity contribution is 5.99. The second kappa shape index (κ2) is 8.17. The van der Waals surface area contributed by atoms with Gasteiger partial charge in [-0.1, -0.05) is 42.5 Å². The lowest BCUT2D eigenvalue weighted by molar-refractivity contribution is -0.137. The zero-order valence-corrected chi connectivity index (χ0v) is 15.2. The first-order chi connectivity index (χ1) is 13.3. The summed E-state index contributed by atoms with van der Waals surface area (Å²) in [7, 11) is 0. The predicted molar refractivity (Wildman–Crippen MR) is 105 cm³/mol. The van der Waals surface area contributed by atoms with Crippen LogP contribution >= 0.6 is 0 Å². The molecule has 0 atom stereocenters. The van der Waals surface area contributed by atoms with Gasteiger partial charge < -0.3 is 10.6 Å². The van der Waals surface area contributed by atoms with Gasteiger partial charge in [0.1, 0.15) is 0 Å². The summed E-state index contributed by atoms with van der Waals surface area (Å²) in [6.07, 6.45) is -3.69. The molecule has 0 aliphatic carbocycles. The van der Waals surface area contributed by atoms with Gasteiger partial charge in [0.05, 0.1) is 5.56 Å². The quantitative estimate of drug-likeness (QED) is 0.549. The molecule has 3 rings (SSSR count). The molecule has 2 amide bonds. The van der Waals surface area contributed by atoms with Crippen molar-refractivity contribution in [3.63, 3.8) is 0 Å². The average Bonchev–Trinajstić information content (AvgIpc) is 2.63. The molecule has 3 aromatic carbocycles. The smallest absolute Gasteiger partial charge is 0.308 e. The number of rotatable bonds is 4. The van der Waals surface area contributed by atoms with Gasteiger partial charge in [-0.2, -0.15) is 13.2 Å². The van der Waals surface area contributed by atoms with Crippen LogP contribution in [-0.2, 0) is 12.6 Å². The lowest BCUT2D eigenvalue weighted by Crippen LogP contribution is -2.20. The van der Waals surface area contributed by atoms with Crippen LogP contribution in [0.25, 0.3) is 0 Å². The summed E-state index contributed by atoms with van der Waals surface area (Å²) in [6.45, 7) is 1.55. The van der Waals surface area contributed by atoms with Gasteiger partial charge in [-0.3, -0.25) is 0 Å². The fraction of sp³-hybridized carbons (Fsp3) is 0.136. The zero-order valence-electron chi connectivity index (χ0n) is 15.2. The second-order valence-corrected chi connectivity index (χ2v) is 6.52. The summed E-state index contributed by atoms with van der Waals surface area (Å²) in [5.74, 6) is 0. The number of benzene rings is 3. The van der Waals surface area contributed by atoms with Crippen molar-refractivity contribution in [2.45, 2.75) is 19.5 Å². The standard InChI is InChI=1S/C22H19F3N2O/c1-15-11-18(22(23,24)25)14-20(12-15)27-21(28)26-19-9-7-17(8-10-19)13-16-5-3-2-4-6-16/h2-12,14H,13H2,1H3,(H2,26,27,28). The Bertz CT molecular complexity index is 952. The summed E-state index contributed by atoms with van der Waals surface area (Å²) in [4.78, 5) is 12.1. The van der Waals surface area contributed by atoms with Crippen molar-refractivity contribution in [3.8, 4) is 0 Å². The third-order valence-corrected chi connectivity index (χ3v) is 4.13. The molecule has 0 aliphatic heterocycles. The van der Waals surface area contributed by atoms with E-state index in [1.165, 1.54) is 11.6 Å². The van der Waals surface area contributed by atoms with Crippen LogP contribution in [0.2, 0.25) is 0 Å². The summed E-state index contributed by atoms with van der Waals surface area (Å²) in [5, 5.41) is 5.08. The van der Waals surface area contributed by atoms with Crippen LogP contribution in [0.4, 0.5) is 29.3 Å². The number of carbonyl (C=O) groups is 1. The summed E-state index contributed by atoms with van der Waals surface area (Å²) >= 11 is 0. The predicted octanol–water partition coefficient (Wildman–Crippen LogP) is 6.25. The molecule has 0 bridgehead atoms. The minimum Gasteiger partial charge on any atom is -0.308 e. The van der Waals surface area contributed by atoms with Crippen LogP contribution in [0.15, 0.2) is 72.8 Å². The molecular weight excluding hydrogens is 365 g/mol. The van der Waals surface area contributed by atoms with Crippen molar-refractivity contribution in [2.24, 2.45) is 0 Å². The van der Waals surface area contributed by atoms with Crippen molar-refractivity contribution < 1.29 is 18.0 Å². The molecule has 28 heavy (non-hydrogen) atoms. The average molecular weight is 384 g/mol. The Kier molecular flexibility index (Phi) is 5.68. The van der Waals surface area contributed by atoms with Crippen molar-refractivity contribution >= 4 is 17.4 Å². The number of alkyl halides is 3. The van der Waals surface area contributed by atoms with Crippen molar-refractivity contribution in [2.75, 3.05) is 10.6 Å². The molecule has 3 nitrogen and oxygen atoms in total. The highest BCUT2D eigenvalue weighted by Gasteiger charge is 2.31. The normalized spacial score (nSPS) is 11.1. The maximum absolute atomic E-state index is 12.9. The Balaban J connectivity index is 1.63. The molecule has 6 heteroatoms. The van der Waals surface area contributed by atoms with E-state index in [9.17, 15) is 18.0 Å². The van der Waals surface area contributed by atoms with Crippen LogP contribution < -0.4 is 10.6 Å². The monoisotopic (exact) mass is 384 g/mol. The number of urea groups is 1. The van der Waals surface area contributed by atoms with E-state index in [1.54, 1.807) is 19.1 Å². The van der Waals surface area contributed by atoms with E-state index >= 15 is 0 Å². The summed E-state index contributed by atoms with van der Waals surface area (Å²) in [6, 6.07) is 20.1. The van der Waals surface area contributed by atoms with Gasteiger partial charge in [0, 0.05) is 11.4 Å². The minimum atomic E-state index is -4.46. The zero-order chi connectivity index (χ0) is 20.1. The first-order valence-corrected chi connectivity index (χ1v) is 8.69. The van der Waals surface area contributed by atoms with Gasteiger partial charge in [0.25, 0.3) is 0 Å². The van der Waals surface area contributed by atoms with Gasteiger partial charge >= 0.3 is 12.2 Å². The molecule has 3 aromatic rings. The Morgan fingerprint density at radius 3 is 2.07 bits per heavy atom. The first kappa shape index (κ1) is 19.5. The van der Waals surface area contributed by atoms with Gasteiger partial charge in [-0.25, -0.2) is 4.79 Å². The number of aryl methyl sites for hydroxylation is 1. The molecular formula is C22H19F3N2O. The molecule has 0 aromatic heterocycles. The number of nitrogens with one attached hydrogen (secondary N) is 2. The van der Waals surface area contributed by atoms with E-state index in [0.717, 1.165) is 24.1 Å². The minimum absolute atomic E-state index is 0.0884. The lowest BCUT2D eigenvalue weighted by Gasteiger charge is -2.12. The number of carbonyl (C=O) groups excluding carboxylic acids is 1. The molecule has 0 fully saturated rings. The van der Waals surface area contributed by atoms with Crippen LogP contribution in [0, 0.1) is 6.92 Å². The van der Waals surface area contributed by atoms with Gasteiger partial charge in [0.2, 0.25) is 0 Å². The molecule has 144 valence electrons. The Hall–Kier alpha value is -3.28. The lowest BCUT2D eigenvalue weighted by atomic mass is 10.0. The number of hydrogen-bond acceptors (Lipinski definition) is 1. The highest BCUT2D eigenvalue weighted by atomic mass is 19.4. The van der Waals surface area contributed by atoms with E-state index in [2.05, 4.69) is 10.6 Å². The van der Waals surface area contributed by atoms with E-state index in [0.29, 0.717) is 11.3 Å². The number of hydrogen-bond donors (Lipinski definition) is 2. The van der Waals surface area contributed by atoms with Crippen LogP contribution in [0.1, 0.15) is 22.3 Å². The molecule has 0 aliphatic rings. The highest BCUT2D eigenvalue weighted by Crippen LogP contribution is 2.31. The second-order valence-electron chi connectivity index (χ2n) is 6.52. The first-order valence-electron chi connectivity index (χ1n) is 8.69. The molecule has 0 heterocycles. The fourth-order valence-corrected chi connectivity index (χ4v) is 2.85.